The summed E-state index contributed by atoms with van der Waals surface area (Å²) in [7, 11) is 0. The third-order valence-electron chi connectivity index (χ3n) is 5.68. The summed E-state index contributed by atoms with van der Waals surface area (Å²) >= 11 is 0. The monoisotopic (exact) mass is 380 g/mol. The summed E-state index contributed by atoms with van der Waals surface area (Å²) in [4.78, 5) is 7.25. The molecule has 1 unspecified atom stereocenters. The van der Waals surface area contributed by atoms with E-state index in [-0.39, 0.29) is 0 Å². The zero-order valence-electron chi connectivity index (χ0n) is 16.6. The third-order valence-corrected chi connectivity index (χ3v) is 5.68. The van der Waals surface area contributed by atoms with Crippen molar-refractivity contribution in [2.75, 3.05) is 11.4 Å². The van der Waals surface area contributed by atoms with Crippen molar-refractivity contribution in [3.8, 4) is 11.5 Å². The molecule has 3 nitrogen and oxygen atoms in total. The molecule has 1 aliphatic heterocycles. The van der Waals surface area contributed by atoms with Gasteiger partial charge in [0, 0.05) is 24.2 Å². The van der Waals surface area contributed by atoms with E-state index in [0.717, 1.165) is 36.4 Å². The molecule has 29 heavy (non-hydrogen) atoms. The number of ether oxygens (including phenoxy) is 1. The Kier molecular flexibility index (Phi) is 4.65. The van der Waals surface area contributed by atoms with E-state index in [9.17, 15) is 0 Å². The van der Waals surface area contributed by atoms with Crippen LogP contribution in [0.3, 0.4) is 0 Å². The van der Waals surface area contributed by atoms with Crippen LogP contribution in [0.25, 0.3) is 10.9 Å². The molecule has 0 saturated heterocycles. The van der Waals surface area contributed by atoms with E-state index in [1.165, 1.54) is 22.2 Å². The lowest BCUT2D eigenvalue weighted by Crippen LogP contribution is -2.31. The van der Waals surface area contributed by atoms with Gasteiger partial charge >= 0.3 is 0 Å². The van der Waals surface area contributed by atoms with Crippen LogP contribution in [0, 0.1) is 0 Å². The number of pyridine rings is 1. The van der Waals surface area contributed by atoms with Crippen molar-refractivity contribution in [1.29, 1.82) is 0 Å². The van der Waals surface area contributed by atoms with E-state index in [1.807, 2.05) is 36.4 Å². The number of fused-ring (bicyclic) bond motifs is 3. The van der Waals surface area contributed by atoms with Gasteiger partial charge in [-0.15, -0.1) is 0 Å². The van der Waals surface area contributed by atoms with Crippen molar-refractivity contribution in [2.45, 2.75) is 25.8 Å². The minimum absolute atomic E-state index is 0.472. The first-order chi connectivity index (χ1) is 14.3. The molecule has 0 amide bonds. The summed E-state index contributed by atoms with van der Waals surface area (Å²) in [6, 6.07) is 27.3. The fourth-order valence-electron chi connectivity index (χ4n) is 4.25. The number of aromatic nitrogens is 1. The predicted octanol–water partition coefficient (Wildman–Crippen LogP) is 6.02. The average Bonchev–Trinajstić information content (AvgIpc) is 3.09. The van der Waals surface area contributed by atoms with Crippen molar-refractivity contribution in [3.05, 3.63) is 96.2 Å². The number of hydrogen-bond acceptors (Lipinski definition) is 3. The molecule has 0 aliphatic carbocycles. The standard InChI is InChI=1S/C26H24N2O/c1-19-16-21-18-27-25-13-12-23(29-22-10-6-3-7-11-22)17-24(25)26(21)28(19)15-14-20-8-4-2-5-9-20/h2-13,17-19H,14-16H2,1H3. The Morgan fingerprint density at radius 2 is 1.69 bits per heavy atom. The summed E-state index contributed by atoms with van der Waals surface area (Å²) in [5.74, 6) is 1.70. The predicted molar refractivity (Wildman–Crippen MR) is 119 cm³/mol. The molecule has 1 aliphatic rings. The van der Waals surface area contributed by atoms with Gasteiger partial charge in [-0.3, -0.25) is 4.98 Å². The van der Waals surface area contributed by atoms with E-state index in [1.54, 1.807) is 0 Å². The maximum atomic E-state index is 6.09. The molecule has 4 aromatic rings. The molecule has 1 atom stereocenters. The van der Waals surface area contributed by atoms with Gasteiger partial charge in [-0.05, 0) is 61.2 Å². The minimum atomic E-state index is 0.472. The van der Waals surface area contributed by atoms with Crippen LogP contribution in [0.5, 0.6) is 11.5 Å². The second-order valence-corrected chi connectivity index (χ2v) is 7.71. The fraction of sp³-hybridized carbons (Fsp3) is 0.192. The molecule has 0 N–H and O–H groups in total. The van der Waals surface area contributed by atoms with Gasteiger partial charge in [-0.2, -0.15) is 0 Å². The van der Waals surface area contributed by atoms with Crippen LogP contribution in [0.1, 0.15) is 18.1 Å². The molecule has 3 heteroatoms. The van der Waals surface area contributed by atoms with Crippen LogP contribution in [0.4, 0.5) is 5.69 Å². The molecule has 0 bridgehead atoms. The Bertz CT molecular complexity index is 1130. The molecule has 1 aromatic heterocycles. The quantitative estimate of drug-likeness (QED) is 0.423. The van der Waals surface area contributed by atoms with E-state index in [0.29, 0.717) is 6.04 Å². The summed E-state index contributed by atoms with van der Waals surface area (Å²) in [5.41, 5.74) is 5.04. The number of para-hydroxylation sites is 1. The van der Waals surface area contributed by atoms with E-state index >= 15 is 0 Å². The third kappa shape index (κ3) is 3.56. The van der Waals surface area contributed by atoms with E-state index in [4.69, 9.17) is 9.72 Å². The van der Waals surface area contributed by atoms with Gasteiger partial charge < -0.3 is 9.64 Å². The van der Waals surface area contributed by atoms with Crippen LogP contribution in [0.15, 0.2) is 85.1 Å². The number of benzene rings is 3. The number of rotatable bonds is 5. The number of anilines is 1. The molecule has 0 fully saturated rings. The average molecular weight is 380 g/mol. The Labute approximate surface area is 171 Å². The molecule has 5 rings (SSSR count). The molecular formula is C26H24N2O. The lowest BCUT2D eigenvalue weighted by molar-refractivity contribution is 0.483. The number of hydrogen-bond donors (Lipinski definition) is 0. The van der Waals surface area contributed by atoms with Crippen molar-refractivity contribution in [1.82, 2.24) is 4.98 Å². The van der Waals surface area contributed by atoms with Gasteiger partial charge in [0.2, 0.25) is 0 Å². The van der Waals surface area contributed by atoms with Gasteiger partial charge in [0.1, 0.15) is 11.5 Å². The molecule has 0 saturated carbocycles. The van der Waals surface area contributed by atoms with E-state index < -0.39 is 0 Å². The zero-order chi connectivity index (χ0) is 19.6. The largest absolute Gasteiger partial charge is 0.457 e. The smallest absolute Gasteiger partial charge is 0.128 e. The highest BCUT2D eigenvalue weighted by molar-refractivity contribution is 5.95. The lowest BCUT2D eigenvalue weighted by Gasteiger charge is -2.26. The van der Waals surface area contributed by atoms with Gasteiger partial charge in [0.05, 0.1) is 11.2 Å². The van der Waals surface area contributed by atoms with Crippen molar-refractivity contribution < 1.29 is 4.74 Å². The van der Waals surface area contributed by atoms with Crippen molar-refractivity contribution in [3.63, 3.8) is 0 Å². The maximum Gasteiger partial charge on any atom is 0.128 e. The Morgan fingerprint density at radius 1 is 0.931 bits per heavy atom. The van der Waals surface area contributed by atoms with Crippen LogP contribution in [-0.2, 0) is 12.8 Å². The number of nitrogens with zero attached hydrogens (tertiary/aromatic N) is 2. The summed E-state index contributed by atoms with van der Waals surface area (Å²) < 4.78 is 6.09. The van der Waals surface area contributed by atoms with Crippen LogP contribution >= 0.6 is 0 Å². The van der Waals surface area contributed by atoms with E-state index in [2.05, 4.69) is 60.5 Å². The molecule has 2 heterocycles. The SMILES string of the molecule is CC1Cc2cnc3ccc(Oc4ccccc4)cc3c2N1CCc1ccccc1. The minimum Gasteiger partial charge on any atom is -0.457 e. The highest BCUT2D eigenvalue weighted by Gasteiger charge is 2.28. The molecule has 0 radical (unpaired) electrons. The summed E-state index contributed by atoms with van der Waals surface area (Å²) in [5, 5.41) is 1.17. The van der Waals surface area contributed by atoms with Crippen molar-refractivity contribution >= 4 is 16.6 Å². The maximum absolute atomic E-state index is 6.09. The first-order valence-corrected chi connectivity index (χ1v) is 10.2. The second kappa shape index (κ2) is 7.59. The normalized spacial score (nSPS) is 15.5. The Hall–Kier alpha value is -3.33. The summed E-state index contributed by atoms with van der Waals surface area (Å²) in [6.07, 6.45) is 4.12. The highest BCUT2D eigenvalue weighted by Crippen LogP contribution is 2.39. The molecule has 144 valence electrons. The zero-order valence-corrected chi connectivity index (χ0v) is 16.6. The molecule has 0 spiro atoms. The Morgan fingerprint density at radius 3 is 2.48 bits per heavy atom. The highest BCUT2D eigenvalue weighted by atomic mass is 16.5. The van der Waals surface area contributed by atoms with Gasteiger partial charge in [-0.25, -0.2) is 0 Å². The molecule has 3 aromatic carbocycles. The van der Waals surface area contributed by atoms with Crippen molar-refractivity contribution in [2.24, 2.45) is 0 Å². The second-order valence-electron chi connectivity index (χ2n) is 7.71. The Balaban J connectivity index is 1.49. The van der Waals surface area contributed by atoms with Crippen LogP contribution in [0.2, 0.25) is 0 Å². The van der Waals surface area contributed by atoms with Crippen LogP contribution in [-0.4, -0.2) is 17.6 Å². The lowest BCUT2D eigenvalue weighted by atomic mass is 10.1. The van der Waals surface area contributed by atoms with Crippen LogP contribution < -0.4 is 9.64 Å². The summed E-state index contributed by atoms with van der Waals surface area (Å²) in [6.45, 7) is 3.31. The molecular weight excluding hydrogens is 356 g/mol. The first-order valence-electron chi connectivity index (χ1n) is 10.2. The van der Waals surface area contributed by atoms with Gasteiger partial charge in [-0.1, -0.05) is 48.5 Å². The van der Waals surface area contributed by atoms with Gasteiger partial charge in [0.15, 0.2) is 0 Å². The first kappa shape index (κ1) is 17.7. The topological polar surface area (TPSA) is 25.4 Å². The van der Waals surface area contributed by atoms with Gasteiger partial charge in [0.25, 0.3) is 0 Å². The fourth-order valence-corrected chi connectivity index (χ4v) is 4.25.